The zero-order valence-corrected chi connectivity index (χ0v) is 23.4. The highest BCUT2D eigenvalue weighted by molar-refractivity contribution is 6.30. The predicted molar refractivity (Wildman–Crippen MR) is 156 cm³/mol. The molecule has 0 unspecified atom stereocenters. The molecule has 1 fully saturated rings. The molecule has 2 aromatic heterocycles. The maximum Gasteiger partial charge on any atom is 0.262 e. The summed E-state index contributed by atoms with van der Waals surface area (Å²) in [5.41, 5.74) is 1.88. The van der Waals surface area contributed by atoms with Gasteiger partial charge in [-0.15, -0.1) is 10.2 Å². The first-order valence-electron chi connectivity index (χ1n) is 13.8. The summed E-state index contributed by atoms with van der Waals surface area (Å²) in [6, 6.07) is 15.5. The molecule has 0 bridgehead atoms. The predicted octanol–water partition coefficient (Wildman–Crippen LogP) is 3.61. The van der Waals surface area contributed by atoms with Gasteiger partial charge in [0.2, 0.25) is 11.7 Å². The van der Waals surface area contributed by atoms with Gasteiger partial charge >= 0.3 is 0 Å². The summed E-state index contributed by atoms with van der Waals surface area (Å²) in [5.74, 6) is 1.67. The van der Waals surface area contributed by atoms with Gasteiger partial charge in [-0.2, -0.15) is 0 Å². The second kappa shape index (κ2) is 12.2. The van der Waals surface area contributed by atoms with Gasteiger partial charge in [0.1, 0.15) is 5.82 Å². The molecule has 0 spiro atoms. The van der Waals surface area contributed by atoms with Gasteiger partial charge in [0.25, 0.3) is 5.56 Å². The van der Waals surface area contributed by atoms with Crippen LogP contribution in [0.1, 0.15) is 32.5 Å². The Hall–Kier alpha value is -3.43. The van der Waals surface area contributed by atoms with Crippen LogP contribution in [-0.2, 0) is 17.8 Å². The van der Waals surface area contributed by atoms with E-state index in [-0.39, 0.29) is 11.5 Å². The van der Waals surface area contributed by atoms with E-state index in [0.29, 0.717) is 48.8 Å². The van der Waals surface area contributed by atoms with E-state index in [2.05, 4.69) is 45.2 Å². The van der Waals surface area contributed by atoms with E-state index >= 15 is 0 Å². The Morgan fingerprint density at radius 1 is 1.03 bits per heavy atom. The van der Waals surface area contributed by atoms with Crippen LogP contribution in [0.15, 0.2) is 53.3 Å². The number of carbonyl (C=O) groups is 1. The zero-order valence-electron chi connectivity index (χ0n) is 22.6. The molecule has 0 saturated carbocycles. The summed E-state index contributed by atoms with van der Waals surface area (Å²) in [7, 11) is 0. The smallest absolute Gasteiger partial charge is 0.262 e. The molecule has 206 valence electrons. The molecule has 3 heterocycles. The summed E-state index contributed by atoms with van der Waals surface area (Å²) in [6.07, 6.45) is 1.62. The molecule has 0 radical (unpaired) electrons. The van der Waals surface area contributed by atoms with Crippen LogP contribution < -0.4 is 15.8 Å². The number of benzene rings is 2. The number of halogens is 1. The van der Waals surface area contributed by atoms with Gasteiger partial charge in [-0.3, -0.25) is 23.5 Å². The average Bonchev–Trinajstić information content (AvgIpc) is 3.36. The molecule has 5 rings (SSSR count). The Bertz CT molecular complexity index is 1500. The minimum absolute atomic E-state index is 0.0123. The van der Waals surface area contributed by atoms with Gasteiger partial charge in [0.15, 0.2) is 0 Å². The Kier molecular flexibility index (Phi) is 8.47. The van der Waals surface area contributed by atoms with Crippen LogP contribution >= 0.6 is 11.6 Å². The van der Waals surface area contributed by atoms with Crippen LogP contribution in [0.25, 0.3) is 16.7 Å². The molecular formula is C29H36ClN7O2. The number of rotatable bonds is 10. The lowest BCUT2D eigenvalue weighted by molar-refractivity contribution is -0.121. The van der Waals surface area contributed by atoms with Gasteiger partial charge in [-0.1, -0.05) is 43.6 Å². The lowest BCUT2D eigenvalue weighted by Crippen LogP contribution is -2.48. The Labute approximate surface area is 233 Å². The third kappa shape index (κ3) is 6.25. The Morgan fingerprint density at radius 2 is 1.82 bits per heavy atom. The molecule has 9 nitrogen and oxygen atoms in total. The van der Waals surface area contributed by atoms with Crippen LogP contribution in [0.4, 0.5) is 5.69 Å². The van der Waals surface area contributed by atoms with Crippen molar-refractivity contribution in [3.63, 3.8) is 0 Å². The van der Waals surface area contributed by atoms with Crippen molar-refractivity contribution in [3.05, 3.63) is 69.7 Å². The first-order chi connectivity index (χ1) is 18.9. The van der Waals surface area contributed by atoms with Crippen molar-refractivity contribution >= 4 is 39.9 Å². The topological polar surface area (TPSA) is 87.8 Å². The SMILES string of the molecule is CC(C)CCn1c(=O)c2ccccc2n2c(CCC(=O)NCCN3CCN(c4cccc(Cl)c4)CC3)nnc12. The number of amides is 1. The molecule has 10 heteroatoms. The lowest BCUT2D eigenvalue weighted by Gasteiger charge is -2.36. The summed E-state index contributed by atoms with van der Waals surface area (Å²) in [5, 5.41) is 13.2. The van der Waals surface area contributed by atoms with Crippen LogP contribution in [0.5, 0.6) is 0 Å². The van der Waals surface area contributed by atoms with Crippen molar-refractivity contribution < 1.29 is 4.79 Å². The highest BCUT2D eigenvalue weighted by atomic mass is 35.5. The van der Waals surface area contributed by atoms with Crippen molar-refractivity contribution in [2.75, 3.05) is 44.2 Å². The first kappa shape index (κ1) is 27.1. The van der Waals surface area contributed by atoms with Gasteiger partial charge < -0.3 is 10.2 Å². The fraction of sp³-hybridized carbons (Fsp3) is 0.448. The second-order valence-corrected chi connectivity index (χ2v) is 11.0. The molecule has 1 saturated heterocycles. The number of hydrogen-bond acceptors (Lipinski definition) is 6. The largest absolute Gasteiger partial charge is 0.369 e. The molecule has 1 aliphatic heterocycles. The average molecular weight is 550 g/mol. The zero-order chi connectivity index (χ0) is 27.4. The number of fused-ring (bicyclic) bond motifs is 3. The number of aromatic nitrogens is 4. The summed E-state index contributed by atoms with van der Waals surface area (Å²) in [6.45, 7) is 10.0. The van der Waals surface area contributed by atoms with Crippen LogP contribution in [0, 0.1) is 5.92 Å². The van der Waals surface area contributed by atoms with E-state index in [9.17, 15) is 9.59 Å². The minimum atomic E-state index is -0.0520. The van der Waals surface area contributed by atoms with Gasteiger partial charge in [0.05, 0.1) is 10.9 Å². The van der Waals surface area contributed by atoms with Crippen molar-refractivity contribution in [2.24, 2.45) is 5.92 Å². The summed E-state index contributed by atoms with van der Waals surface area (Å²) < 4.78 is 3.65. The van der Waals surface area contributed by atoms with Gasteiger partial charge in [-0.05, 0) is 42.7 Å². The fourth-order valence-electron chi connectivity index (χ4n) is 5.13. The number of aryl methyl sites for hydroxylation is 2. The number of hydrogen-bond donors (Lipinski definition) is 1. The first-order valence-corrected chi connectivity index (χ1v) is 14.1. The molecule has 2 aromatic carbocycles. The molecule has 1 amide bonds. The highest BCUT2D eigenvalue weighted by Gasteiger charge is 2.19. The van der Waals surface area contributed by atoms with Gasteiger partial charge in [0, 0.05) is 69.4 Å². The second-order valence-electron chi connectivity index (χ2n) is 10.6. The molecule has 1 N–H and O–H groups in total. The summed E-state index contributed by atoms with van der Waals surface area (Å²) >= 11 is 6.14. The lowest BCUT2D eigenvalue weighted by atomic mass is 10.1. The minimum Gasteiger partial charge on any atom is -0.369 e. The number of anilines is 1. The number of nitrogens with one attached hydrogen (secondary N) is 1. The highest BCUT2D eigenvalue weighted by Crippen LogP contribution is 2.21. The third-order valence-corrected chi connectivity index (χ3v) is 7.61. The Balaban J connectivity index is 1.16. The normalized spacial score (nSPS) is 14.5. The molecule has 1 aliphatic rings. The number of piperazine rings is 1. The van der Waals surface area contributed by atoms with E-state index in [1.165, 1.54) is 0 Å². The maximum absolute atomic E-state index is 13.2. The van der Waals surface area contributed by atoms with Crippen molar-refractivity contribution in [1.29, 1.82) is 0 Å². The van der Waals surface area contributed by atoms with E-state index in [1.54, 1.807) is 4.57 Å². The van der Waals surface area contributed by atoms with E-state index in [0.717, 1.165) is 55.4 Å². The van der Waals surface area contributed by atoms with Gasteiger partial charge in [-0.25, -0.2) is 0 Å². The standard InChI is InChI=1S/C29H36ClN7O2/c1-21(2)12-14-36-28(39)24-8-3-4-9-25(24)37-26(32-33-29(36)37)10-11-27(38)31-13-15-34-16-18-35(19-17-34)23-7-5-6-22(30)20-23/h3-9,20-21H,10-19H2,1-2H3,(H,31,38). The molecule has 39 heavy (non-hydrogen) atoms. The fourth-order valence-corrected chi connectivity index (χ4v) is 5.32. The van der Waals surface area contributed by atoms with Crippen molar-refractivity contribution in [2.45, 2.75) is 39.7 Å². The van der Waals surface area contributed by atoms with E-state index in [4.69, 9.17) is 11.6 Å². The quantitative estimate of drug-likeness (QED) is 0.325. The molecule has 0 aliphatic carbocycles. The maximum atomic E-state index is 13.2. The van der Waals surface area contributed by atoms with Crippen LogP contribution in [0.3, 0.4) is 0 Å². The number of para-hydroxylation sites is 1. The Morgan fingerprint density at radius 3 is 2.59 bits per heavy atom. The molecule has 0 atom stereocenters. The third-order valence-electron chi connectivity index (χ3n) is 7.38. The monoisotopic (exact) mass is 549 g/mol. The van der Waals surface area contributed by atoms with Crippen LogP contribution in [-0.4, -0.2) is 69.2 Å². The summed E-state index contributed by atoms with van der Waals surface area (Å²) in [4.78, 5) is 30.6. The van der Waals surface area contributed by atoms with E-state index < -0.39 is 0 Å². The van der Waals surface area contributed by atoms with Crippen molar-refractivity contribution in [3.8, 4) is 0 Å². The van der Waals surface area contributed by atoms with Crippen molar-refractivity contribution in [1.82, 2.24) is 29.4 Å². The number of nitrogens with zero attached hydrogens (tertiary/aromatic N) is 6. The number of carbonyl (C=O) groups excluding carboxylic acids is 1. The molecule has 4 aromatic rings. The molecular weight excluding hydrogens is 514 g/mol. The van der Waals surface area contributed by atoms with E-state index in [1.807, 2.05) is 46.9 Å². The van der Waals surface area contributed by atoms with Crippen LogP contribution in [0.2, 0.25) is 5.02 Å².